The second kappa shape index (κ2) is 11.6. The summed E-state index contributed by atoms with van der Waals surface area (Å²) in [7, 11) is -0.0845. The van der Waals surface area contributed by atoms with E-state index >= 15 is 0 Å². The molecule has 0 aliphatic carbocycles. The van der Waals surface area contributed by atoms with Crippen molar-refractivity contribution in [3.8, 4) is 5.88 Å². The van der Waals surface area contributed by atoms with E-state index in [9.17, 15) is 4.79 Å². The average molecular weight is 540 g/mol. The number of hydrogen-bond donors (Lipinski definition) is 2. The molecule has 0 spiro atoms. The molecule has 1 aromatic heterocycles. The first-order chi connectivity index (χ1) is 17.9. The molecule has 9 heteroatoms. The molecule has 4 rings (SSSR count). The van der Waals surface area contributed by atoms with Gasteiger partial charge in [-0.25, -0.2) is 4.98 Å². The van der Waals surface area contributed by atoms with Crippen molar-refractivity contribution in [2.24, 2.45) is 5.92 Å². The normalized spacial score (nSPS) is 17.7. The predicted molar refractivity (Wildman–Crippen MR) is 158 cm³/mol. The minimum absolute atomic E-state index is 0.147. The predicted octanol–water partition coefficient (Wildman–Crippen LogP) is 5.71. The van der Waals surface area contributed by atoms with E-state index in [4.69, 9.17) is 9.16 Å². The van der Waals surface area contributed by atoms with E-state index in [0.717, 1.165) is 31.1 Å². The highest BCUT2D eigenvalue weighted by atomic mass is 28.4. The topological polar surface area (TPSA) is 79.0 Å². The van der Waals surface area contributed by atoms with E-state index in [1.165, 1.54) is 38.5 Å². The van der Waals surface area contributed by atoms with Gasteiger partial charge in [-0.15, -0.1) is 0 Å². The van der Waals surface area contributed by atoms with Crippen LogP contribution in [0, 0.1) is 5.92 Å². The maximum atomic E-state index is 11.6. The Morgan fingerprint density at radius 3 is 2.34 bits per heavy atom. The summed E-state index contributed by atoms with van der Waals surface area (Å²) in [4.78, 5) is 20.9. The van der Waals surface area contributed by atoms with Crippen LogP contribution in [0.15, 0.2) is 36.5 Å². The molecule has 2 aliphatic rings. The molecule has 0 atom stereocenters. The standard InChI is InChI=1S/C29H45N5O3Si/c1-21(35)31-27-17-30-28(36-5)16-26(27)32-23-8-10-24(11-9-23)34-18-25(19-34)33-14-12-22(13-15-33)20-37-38(6,7)29(2,3)4/h8-11,16-17,22,25H,12-15,18-20H2,1-7H3,(H,30,32)(H,31,35). The van der Waals surface area contributed by atoms with E-state index in [1.807, 2.05) is 0 Å². The van der Waals surface area contributed by atoms with Gasteiger partial charge in [-0.3, -0.25) is 9.69 Å². The van der Waals surface area contributed by atoms with Gasteiger partial charge < -0.3 is 24.7 Å². The van der Waals surface area contributed by atoms with Crippen LogP contribution in [0.25, 0.3) is 0 Å². The number of likely N-dealkylation sites (tertiary alicyclic amines) is 1. The maximum Gasteiger partial charge on any atom is 0.221 e. The number of aromatic nitrogens is 1. The Morgan fingerprint density at radius 2 is 1.76 bits per heavy atom. The molecule has 0 bridgehead atoms. The number of nitrogens with zero attached hydrogens (tertiary/aromatic N) is 3. The Bertz CT molecular complexity index is 1090. The molecule has 2 N–H and O–H groups in total. The lowest BCUT2D eigenvalue weighted by atomic mass is 9.95. The molecule has 1 aromatic carbocycles. The number of amides is 1. The SMILES string of the molecule is COc1cc(Nc2ccc(N3CC(N4CCC(CO[Si](C)(C)C(C)(C)C)CC4)C3)cc2)c(NC(C)=O)cn1. The molecule has 2 fully saturated rings. The fourth-order valence-corrected chi connectivity index (χ4v) is 5.86. The number of carbonyl (C=O) groups is 1. The fraction of sp³-hybridized carbons (Fsp3) is 0.586. The first-order valence-corrected chi connectivity index (χ1v) is 16.7. The zero-order valence-corrected chi connectivity index (χ0v) is 25.1. The summed E-state index contributed by atoms with van der Waals surface area (Å²) < 4.78 is 11.8. The Labute approximate surface area is 229 Å². The van der Waals surface area contributed by atoms with E-state index in [-0.39, 0.29) is 10.9 Å². The highest BCUT2D eigenvalue weighted by Gasteiger charge is 2.38. The van der Waals surface area contributed by atoms with Gasteiger partial charge in [-0.05, 0) is 74.2 Å². The summed E-state index contributed by atoms with van der Waals surface area (Å²) in [5, 5.41) is 6.47. The summed E-state index contributed by atoms with van der Waals surface area (Å²) in [6, 6.07) is 10.9. The second-order valence-electron chi connectivity index (χ2n) is 12.2. The van der Waals surface area contributed by atoms with Crippen molar-refractivity contribution in [3.63, 3.8) is 0 Å². The molecule has 0 saturated carbocycles. The van der Waals surface area contributed by atoms with Crippen LogP contribution in [0.1, 0.15) is 40.5 Å². The highest BCUT2D eigenvalue weighted by molar-refractivity contribution is 6.74. The lowest BCUT2D eigenvalue weighted by Crippen LogP contribution is -2.61. The first kappa shape index (κ1) is 28.4. The number of anilines is 4. The van der Waals surface area contributed by atoms with Gasteiger partial charge in [0.25, 0.3) is 0 Å². The molecule has 208 valence electrons. The molecule has 38 heavy (non-hydrogen) atoms. The third-order valence-electron chi connectivity index (χ3n) is 8.42. The lowest BCUT2D eigenvalue weighted by Gasteiger charge is -2.49. The van der Waals surface area contributed by atoms with Crippen LogP contribution in [0.4, 0.5) is 22.7 Å². The highest BCUT2D eigenvalue weighted by Crippen LogP contribution is 2.37. The third-order valence-corrected chi connectivity index (χ3v) is 12.9. The van der Waals surface area contributed by atoms with Gasteiger partial charge in [-0.1, -0.05) is 20.8 Å². The minimum atomic E-state index is -1.66. The van der Waals surface area contributed by atoms with Gasteiger partial charge in [0, 0.05) is 50.1 Å². The van der Waals surface area contributed by atoms with Gasteiger partial charge in [0.15, 0.2) is 8.32 Å². The third kappa shape index (κ3) is 6.87. The smallest absolute Gasteiger partial charge is 0.221 e. The van der Waals surface area contributed by atoms with Crippen LogP contribution in [-0.2, 0) is 9.22 Å². The van der Waals surface area contributed by atoms with Crippen molar-refractivity contribution in [2.45, 2.75) is 64.7 Å². The van der Waals surface area contributed by atoms with Crippen molar-refractivity contribution < 1.29 is 14.0 Å². The number of carbonyl (C=O) groups excluding carboxylic acids is 1. The second-order valence-corrected chi connectivity index (χ2v) is 17.0. The van der Waals surface area contributed by atoms with Crippen molar-refractivity contribution >= 4 is 37.0 Å². The summed E-state index contributed by atoms with van der Waals surface area (Å²) in [6.45, 7) is 18.6. The number of methoxy groups -OCH3 is 1. The Balaban J connectivity index is 1.25. The summed E-state index contributed by atoms with van der Waals surface area (Å²) >= 11 is 0. The molecule has 2 aromatic rings. The first-order valence-electron chi connectivity index (χ1n) is 13.8. The number of piperidine rings is 1. The van der Waals surface area contributed by atoms with Crippen molar-refractivity contribution in [3.05, 3.63) is 36.5 Å². The number of hydrogen-bond acceptors (Lipinski definition) is 7. The van der Waals surface area contributed by atoms with Gasteiger partial charge in [0.05, 0.1) is 24.7 Å². The van der Waals surface area contributed by atoms with Gasteiger partial charge in [-0.2, -0.15) is 0 Å². The average Bonchev–Trinajstić information content (AvgIpc) is 2.84. The number of ether oxygens (including phenoxy) is 1. The molecular weight excluding hydrogens is 494 g/mol. The Morgan fingerprint density at radius 1 is 1.11 bits per heavy atom. The van der Waals surface area contributed by atoms with E-state index < -0.39 is 8.32 Å². The van der Waals surface area contributed by atoms with Gasteiger partial charge >= 0.3 is 0 Å². The number of nitrogens with one attached hydrogen (secondary N) is 2. The van der Waals surface area contributed by atoms with Crippen LogP contribution in [0.3, 0.4) is 0 Å². The molecule has 8 nitrogen and oxygen atoms in total. The molecule has 3 heterocycles. The maximum absolute atomic E-state index is 11.6. The van der Waals surface area contributed by atoms with Crippen molar-refractivity contribution in [1.82, 2.24) is 9.88 Å². The Hall–Kier alpha value is -2.62. The van der Waals surface area contributed by atoms with Crippen LogP contribution in [-0.4, -0.2) is 70.0 Å². The zero-order chi connectivity index (χ0) is 27.5. The summed E-state index contributed by atoms with van der Waals surface area (Å²) in [5.41, 5.74) is 3.52. The Kier molecular flexibility index (Phi) is 8.69. The quantitative estimate of drug-likeness (QED) is 0.395. The molecule has 1 amide bonds. The number of rotatable bonds is 9. The minimum Gasteiger partial charge on any atom is -0.481 e. The van der Waals surface area contributed by atoms with Crippen molar-refractivity contribution in [2.75, 3.05) is 55.4 Å². The monoisotopic (exact) mass is 539 g/mol. The molecule has 0 radical (unpaired) electrons. The van der Waals surface area contributed by atoms with Crippen LogP contribution < -0.4 is 20.3 Å². The lowest BCUT2D eigenvalue weighted by molar-refractivity contribution is -0.114. The molecule has 0 unspecified atom stereocenters. The van der Waals surface area contributed by atoms with Crippen LogP contribution in [0.2, 0.25) is 18.1 Å². The van der Waals surface area contributed by atoms with Crippen LogP contribution in [0.5, 0.6) is 5.88 Å². The number of pyridine rings is 1. The largest absolute Gasteiger partial charge is 0.481 e. The molecule has 2 aliphatic heterocycles. The molecular formula is C29H45N5O3Si. The van der Waals surface area contributed by atoms with Crippen molar-refractivity contribution in [1.29, 1.82) is 0 Å². The summed E-state index contributed by atoms with van der Waals surface area (Å²) in [6.07, 6.45) is 4.08. The van der Waals surface area contributed by atoms with E-state index in [1.54, 1.807) is 19.4 Å². The fourth-order valence-electron chi connectivity index (χ4n) is 4.78. The van der Waals surface area contributed by atoms with Gasteiger partial charge in [0.2, 0.25) is 11.8 Å². The molecule has 2 saturated heterocycles. The number of benzene rings is 1. The summed E-state index contributed by atoms with van der Waals surface area (Å²) in [5.74, 6) is 1.03. The van der Waals surface area contributed by atoms with Gasteiger partial charge in [0.1, 0.15) is 0 Å². The van der Waals surface area contributed by atoms with Crippen LogP contribution >= 0.6 is 0 Å². The zero-order valence-electron chi connectivity index (χ0n) is 24.1. The van der Waals surface area contributed by atoms with E-state index in [0.29, 0.717) is 23.5 Å². The van der Waals surface area contributed by atoms with E-state index in [2.05, 4.69) is 83.5 Å².